The molecule has 1 amide bonds. The molecule has 5 heteroatoms. The average Bonchev–Trinajstić information content (AvgIpc) is 2.62. The Bertz CT molecular complexity index is 722. The summed E-state index contributed by atoms with van der Waals surface area (Å²) in [4.78, 5) is 16.7. The van der Waals surface area contributed by atoms with Crippen LogP contribution >= 0.6 is 0 Å². The molecular weight excluding hydrogens is 316 g/mol. The van der Waals surface area contributed by atoms with Crippen molar-refractivity contribution in [3.05, 3.63) is 53.3 Å². The second-order valence-electron chi connectivity index (χ2n) is 6.36. The molecule has 1 N–H and O–H groups in total. The zero-order chi connectivity index (χ0) is 17.6. The minimum atomic E-state index is -0.158. The van der Waals surface area contributed by atoms with Gasteiger partial charge in [-0.15, -0.1) is 0 Å². The summed E-state index contributed by atoms with van der Waals surface area (Å²) in [5, 5.41) is 2.89. The summed E-state index contributed by atoms with van der Waals surface area (Å²) in [6.45, 7) is 5.14. The molecule has 0 radical (unpaired) electrons. The van der Waals surface area contributed by atoms with E-state index >= 15 is 0 Å². The van der Waals surface area contributed by atoms with Crippen molar-refractivity contribution in [3.8, 4) is 5.75 Å². The third-order valence-corrected chi connectivity index (χ3v) is 4.29. The number of carbonyl (C=O) groups excluding carboxylic acids is 1. The predicted molar refractivity (Wildman–Crippen MR) is 97.2 cm³/mol. The second kappa shape index (κ2) is 8.12. The van der Waals surface area contributed by atoms with Gasteiger partial charge in [0.25, 0.3) is 5.91 Å². The molecule has 1 aliphatic heterocycles. The lowest BCUT2D eigenvalue weighted by Crippen LogP contribution is -2.25. The first kappa shape index (κ1) is 17.4. The van der Waals surface area contributed by atoms with E-state index < -0.39 is 0 Å². The molecule has 2 aromatic rings. The van der Waals surface area contributed by atoms with Crippen molar-refractivity contribution in [2.45, 2.75) is 39.2 Å². The van der Waals surface area contributed by atoms with E-state index in [-0.39, 0.29) is 12.0 Å². The highest BCUT2D eigenvalue weighted by Crippen LogP contribution is 2.19. The van der Waals surface area contributed by atoms with Gasteiger partial charge in [0.1, 0.15) is 12.4 Å². The van der Waals surface area contributed by atoms with Crippen molar-refractivity contribution in [1.29, 1.82) is 0 Å². The molecule has 1 aliphatic rings. The summed E-state index contributed by atoms with van der Waals surface area (Å²) in [7, 11) is 0. The van der Waals surface area contributed by atoms with Crippen LogP contribution in [0.2, 0.25) is 0 Å². The Kier molecular flexibility index (Phi) is 5.66. The van der Waals surface area contributed by atoms with Crippen molar-refractivity contribution in [3.63, 3.8) is 0 Å². The number of pyridine rings is 1. The van der Waals surface area contributed by atoms with E-state index in [1.54, 1.807) is 6.07 Å². The minimum Gasteiger partial charge on any atom is -0.491 e. The van der Waals surface area contributed by atoms with E-state index in [1.165, 1.54) is 6.42 Å². The molecular formula is C20H24N2O3. The first-order valence-corrected chi connectivity index (χ1v) is 8.72. The molecule has 1 fully saturated rings. The number of aromatic nitrogens is 1. The first-order chi connectivity index (χ1) is 12.1. The largest absolute Gasteiger partial charge is 0.491 e. The zero-order valence-corrected chi connectivity index (χ0v) is 14.7. The number of carbonyl (C=O) groups is 1. The maximum atomic E-state index is 12.4. The fraction of sp³-hybridized carbons (Fsp3) is 0.400. The molecule has 1 saturated heterocycles. The number of hydrogen-bond acceptors (Lipinski definition) is 4. The highest BCUT2D eigenvalue weighted by Gasteiger charge is 2.14. The Labute approximate surface area is 148 Å². The summed E-state index contributed by atoms with van der Waals surface area (Å²) in [6, 6.07) is 11.0. The van der Waals surface area contributed by atoms with Gasteiger partial charge in [0, 0.05) is 18.0 Å². The van der Waals surface area contributed by atoms with Gasteiger partial charge in [0.15, 0.2) is 0 Å². The molecule has 0 saturated carbocycles. The minimum absolute atomic E-state index is 0.158. The average molecular weight is 340 g/mol. The van der Waals surface area contributed by atoms with Crippen molar-refractivity contribution < 1.29 is 14.3 Å². The first-order valence-electron chi connectivity index (χ1n) is 8.72. The third kappa shape index (κ3) is 4.79. The Morgan fingerprint density at radius 1 is 1.20 bits per heavy atom. The third-order valence-electron chi connectivity index (χ3n) is 4.29. The van der Waals surface area contributed by atoms with Crippen LogP contribution in [0, 0.1) is 13.8 Å². The van der Waals surface area contributed by atoms with Gasteiger partial charge in [-0.3, -0.25) is 9.78 Å². The predicted octanol–water partition coefficient (Wildman–Crippen LogP) is 3.90. The molecule has 5 nitrogen and oxygen atoms in total. The lowest BCUT2D eigenvalue weighted by molar-refractivity contribution is -0.0110. The van der Waals surface area contributed by atoms with Gasteiger partial charge in [0.2, 0.25) is 0 Å². The van der Waals surface area contributed by atoms with Crippen molar-refractivity contribution >= 4 is 11.6 Å². The van der Waals surface area contributed by atoms with Gasteiger partial charge in [0.05, 0.1) is 17.4 Å². The summed E-state index contributed by atoms with van der Waals surface area (Å²) >= 11 is 0. The number of amides is 1. The maximum Gasteiger partial charge on any atom is 0.257 e. The normalized spacial score (nSPS) is 17.1. The molecule has 1 atom stereocenters. The van der Waals surface area contributed by atoms with Crippen LogP contribution in [0.3, 0.4) is 0 Å². The Hall–Kier alpha value is -2.40. The Morgan fingerprint density at radius 3 is 2.68 bits per heavy atom. The zero-order valence-electron chi connectivity index (χ0n) is 14.7. The van der Waals surface area contributed by atoms with Crippen LogP contribution in [-0.4, -0.2) is 30.2 Å². The molecule has 1 aromatic heterocycles. The van der Waals surface area contributed by atoms with Gasteiger partial charge in [-0.2, -0.15) is 0 Å². The van der Waals surface area contributed by atoms with Gasteiger partial charge < -0.3 is 14.8 Å². The number of anilines is 1. The lowest BCUT2D eigenvalue weighted by Gasteiger charge is -2.22. The van der Waals surface area contributed by atoms with Crippen LogP contribution < -0.4 is 10.1 Å². The van der Waals surface area contributed by atoms with Gasteiger partial charge >= 0.3 is 0 Å². The highest BCUT2D eigenvalue weighted by molar-refractivity contribution is 6.05. The lowest BCUT2D eigenvalue weighted by atomic mass is 10.1. The van der Waals surface area contributed by atoms with Crippen molar-refractivity contribution in [2.24, 2.45) is 0 Å². The number of benzene rings is 1. The van der Waals surface area contributed by atoms with Crippen LogP contribution in [-0.2, 0) is 4.74 Å². The molecule has 1 aromatic carbocycles. The number of nitrogens with zero attached hydrogens (tertiary/aromatic N) is 1. The Morgan fingerprint density at radius 2 is 2.00 bits per heavy atom. The van der Waals surface area contributed by atoms with E-state index in [9.17, 15) is 4.79 Å². The van der Waals surface area contributed by atoms with Gasteiger partial charge in [-0.25, -0.2) is 0 Å². The van der Waals surface area contributed by atoms with E-state index in [1.807, 2.05) is 44.2 Å². The highest BCUT2D eigenvalue weighted by atomic mass is 16.5. The fourth-order valence-corrected chi connectivity index (χ4v) is 2.89. The molecule has 0 spiro atoms. The van der Waals surface area contributed by atoms with Gasteiger partial charge in [-0.05, 0) is 69.5 Å². The van der Waals surface area contributed by atoms with Gasteiger partial charge in [-0.1, -0.05) is 0 Å². The SMILES string of the molecule is Cc1ccc(C(=O)Nc2ccc(OCC3CCCCO3)cc2)c(C)n1. The molecule has 25 heavy (non-hydrogen) atoms. The Balaban J connectivity index is 1.55. The van der Waals surface area contributed by atoms with Crippen molar-refractivity contribution in [1.82, 2.24) is 4.98 Å². The molecule has 1 unspecified atom stereocenters. The molecule has 0 aliphatic carbocycles. The number of rotatable bonds is 5. The molecule has 0 bridgehead atoms. The fourth-order valence-electron chi connectivity index (χ4n) is 2.89. The number of hydrogen-bond donors (Lipinski definition) is 1. The number of aryl methyl sites for hydroxylation is 2. The standard InChI is InChI=1S/C20H24N2O3/c1-14-6-11-19(15(2)21-14)20(23)22-16-7-9-17(10-8-16)25-13-18-5-3-4-12-24-18/h6-11,18H,3-5,12-13H2,1-2H3,(H,22,23). The van der Waals surface area contributed by atoms with Crippen LogP contribution in [0.15, 0.2) is 36.4 Å². The summed E-state index contributed by atoms with van der Waals surface area (Å²) < 4.78 is 11.4. The summed E-state index contributed by atoms with van der Waals surface area (Å²) in [5.74, 6) is 0.620. The van der Waals surface area contributed by atoms with Crippen molar-refractivity contribution in [2.75, 3.05) is 18.5 Å². The number of nitrogens with one attached hydrogen (secondary N) is 1. The van der Waals surface area contributed by atoms with E-state index in [0.29, 0.717) is 12.2 Å². The quantitative estimate of drug-likeness (QED) is 0.897. The molecule has 2 heterocycles. The topological polar surface area (TPSA) is 60.5 Å². The van der Waals surface area contributed by atoms with E-state index in [2.05, 4.69) is 10.3 Å². The molecule has 3 rings (SSSR count). The molecule has 132 valence electrons. The van der Waals surface area contributed by atoms with E-state index in [4.69, 9.17) is 9.47 Å². The van der Waals surface area contributed by atoms with Crippen LogP contribution in [0.5, 0.6) is 5.75 Å². The van der Waals surface area contributed by atoms with E-state index in [0.717, 1.165) is 42.3 Å². The summed E-state index contributed by atoms with van der Waals surface area (Å²) in [6.07, 6.45) is 3.58. The second-order valence-corrected chi connectivity index (χ2v) is 6.36. The van der Waals surface area contributed by atoms with Crippen LogP contribution in [0.25, 0.3) is 0 Å². The maximum absolute atomic E-state index is 12.4. The van der Waals surface area contributed by atoms with Crippen LogP contribution in [0.1, 0.15) is 41.0 Å². The smallest absolute Gasteiger partial charge is 0.257 e. The number of ether oxygens (including phenoxy) is 2. The van der Waals surface area contributed by atoms with Crippen LogP contribution in [0.4, 0.5) is 5.69 Å². The monoisotopic (exact) mass is 340 g/mol. The summed E-state index contributed by atoms with van der Waals surface area (Å²) in [5.41, 5.74) is 2.94.